The summed E-state index contributed by atoms with van der Waals surface area (Å²) in [5, 5.41) is 12.5. The largest absolute Gasteiger partial charge is 0.485 e. The number of piperidine rings is 1. The maximum atomic E-state index is 13.2. The minimum absolute atomic E-state index is 0.112. The van der Waals surface area contributed by atoms with Gasteiger partial charge in [0.2, 0.25) is 0 Å². The van der Waals surface area contributed by atoms with Crippen LogP contribution in [0, 0.1) is 5.92 Å². The van der Waals surface area contributed by atoms with Crippen LogP contribution < -0.4 is 9.47 Å². The zero-order valence-corrected chi connectivity index (χ0v) is 19.3. The number of hydrogen-bond acceptors (Lipinski definition) is 4. The Morgan fingerprint density at radius 2 is 1.97 bits per heavy atom. The molecule has 1 saturated heterocycles. The molecule has 0 radical (unpaired) electrons. The Labute approximate surface area is 194 Å². The van der Waals surface area contributed by atoms with E-state index >= 15 is 0 Å². The van der Waals surface area contributed by atoms with Gasteiger partial charge in [0.1, 0.15) is 18.2 Å². The smallest absolute Gasteiger partial charge is 0.174 e. The second-order valence-corrected chi connectivity index (χ2v) is 11.4. The van der Waals surface area contributed by atoms with Gasteiger partial charge in [-0.1, -0.05) is 36.4 Å². The van der Waals surface area contributed by atoms with Crippen molar-refractivity contribution in [3.8, 4) is 11.5 Å². The van der Waals surface area contributed by atoms with E-state index in [2.05, 4.69) is 13.1 Å². The summed E-state index contributed by atoms with van der Waals surface area (Å²) in [6.07, 6.45) is 4.61. The summed E-state index contributed by atoms with van der Waals surface area (Å²) in [5.41, 5.74) is 1.85. The van der Waals surface area contributed by atoms with Gasteiger partial charge >= 0.3 is 0 Å². The van der Waals surface area contributed by atoms with Gasteiger partial charge < -0.3 is 19.1 Å². The molecule has 1 unspecified atom stereocenters. The molecule has 3 fully saturated rings. The van der Waals surface area contributed by atoms with Gasteiger partial charge in [0.25, 0.3) is 0 Å². The standard InChI is InChI=1S/C28H32NO4/c1-29(16-18-7-8-18)14-13-27-24-20-9-10-22(32-17-19-5-3-2-4-6-19)25(24)33-26(27)21(30)11-12-28(27,31)23(29)15-20/h2-6,9-10,18,23,26,31H,7-8,11-17H2,1H3/q+1/t23-,26?,27+,28-,29+/m1/s1. The molecule has 2 heterocycles. The van der Waals surface area contributed by atoms with E-state index in [0.29, 0.717) is 30.9 Å². The Kier molecular flexibility index (Phi) is 4.01. The molecule has 2 aliphatic heterocycles. The summed E-state index contributed by atoms with van der Waals surface area (Å²) in [5.74, 6) is 2.32. The molecular formula is C28H32NO4+. The molecule has 2 aromatic rings. The zero-order valence-electron chi connectivity index (χ0n) is 19.3. The molecule has 172 valence electrons. The number of likely N-dealkylation sites (N-methyl/N-ethyl adjacent to an activating group) is 1. The number of Topliss-reactive ketones (excluding diaryl/α,β-unsaturated/α-hetero) is 1. The van der Waals surface area contributed by atoms with Gasteiger partial charge in [0.05, 0.1) is 25.6 Å². The molecule has 0 amide bonds. The fourth-order valence-electron chi connectivity index (χ4n) is 7.78. The third-order valence-corrected chi connectivity index (χ3v) is 9.50. The van der Waals surface area contributed by atoms with Crippen LogP contribution in [0.3, 0.4) is 0 Å². The Morgan fingerprint density at radius 1 is 1.15 bits per heavy atom. The van der Waals surface area contributed by atoms with Crippen molar-refractivity contribution in [3.05, 3.63) is 59.2 Å². The normalized spacial score (nSPS) is 37.9. The Morgan fingerprint density at radius 3 is 2.76 bits per heavy atom. The molecule has 2 bridgehead atoms. The van der Waals surface area contributed by atoms with E-state index in [4.69, 9.17) is 9.47 Å². The molecule has 7 rings (SSSR count). The highest BCUT2D eigenvalue weighted by Gasteiger charge is 2.76. The van der Waals surface area contributed by atoms with Crippen molar-refractivity contribution >= 4 is 5.78 Å². The summed E-state index contributed by atoms with van der Waals surface area (Å²) in [6.45, 7) is 2.58. The monoisotopic (exact) mass is 446 g/mol. The summed E-state index contributed by atoms with van der Waals surface area (Å²) in [4.78, 5) is 13.2. The van der Waals surface area contributed by atoms with Gasteiger partial charge in [0, 0.05) is 30.7 Å². The van der Waals surface area contributed by atoms with Gasteiger partial charge in [-0.15, -0.1) is 0 Å². The molecule has 2 saturated carbocycles. The predicted octanol–water partition coefficient (Wildman–Crippen LogP) is 3.54. The number of hydrogen-bond donors (Lipinski definition) is 1. The molecule has 5 aliphatic rings. The van der Waals surface area contributed by atoms with Crippen LogP contribution in [0.1, 0.15) is 48.8 Å². The number of likely N-dealkylation sites (tertiary alicyclic amines) is 1. The number of quaternary nitrogens is 1. The number of ketones is 1. The first-order valence-electron chi connectivity index (χ1n) is 12.5. The lowest BCUT2D eigenvalue weighted by Gasteiger charge is -2.64. The van der Waals surface area contributed by atoms with E-state index in [0.717, 1.165) is 47.5 Å². The second-order valence-electron chi connectivity index (χ2n) is 11.4. The number of benzene rings is 2. The van der Waals surface area contributed by atoms with Gasteiger partial charge in [-0.3, -0.25) is 4.79 Å². The van der Waals surface area contributed by atoms with Crippen LogP contribution in [-0.4, -0.2) is 53.3 Å². The SMILES string of the molecule is C[N@@+]1(CC2CC2)CC[C@]23c4c5ccc(OCc6ccccc6)c4OC2C(=O)CC[C@@]3(O)[C@H]1C5. The molecular weight excluding hydrogens is 414 g/mol. The second kappa shape index (κ2) is 6.61. The molecule has 2 aromatic carbocycles. The topological polar surface area (TPSA) is 55.8 Å². The molecule has 0 aromatic heterocycles. The maximum absolute atomic E-state index is 13.2. The highest BCUT2D eigenvalue weighted by molar-refractivity contribution is 5.90. The first kappa shape index (κ1) is 20.0. The fourth-order valence-corrected chi connectivity index (χ4v) is 7.78. The van der Waals surface area contributed by atoms with Crippen LogP contribution in [0.15, 0.2) is 42.5 Å². The van der Waals surface area contributed by atoms with Crippen molar-refractivity contribution < 1.29 is 23.9 Å². The number of rotatable bonds is 5. The van der Waals surface area contributed by atoms with Crippen molar-refractivity contribution in [1.82, 2.24) is 0 Å². The van der Waals surface area contributed by atoms with Gasteiger partial charge in [-0.2, -0.15) is 0 Å². The Balaban J connectivity index is 1.34. The molecule has 1 spiro atoms. The molecule has 5 heteroatoms. The summed E-state index contributed by atoms with van der Waals surface area (Å²) < 4.78 is 13.7. The quantitative estimate of drug-likeness (QED) is 0.714. The van der Waals surface area contributed by atoms with Crippen molar-refractivity contribution in [2.24, 2.45) is 5.92 Å². The third kappa shape index (κ3) is 2.58. The van der Waals surface area contributed by atoms with Gasteiger partial charge in [-0.25, -0.2) is 0 Å². The van der Waals surface area contributed by atoms with Crippen molar-refractivity contribution in [1.29, 1.82) is 0 Å². The van der Waals surface area contributed by atoms with E-state index in [1.807, 2.05) is 36.4 Å². The first-order chi connectivity index (χ1) is 15.9. The number of aliphatic hydroxyl groups is 1. The average Bonchev–Trinajstić information content (AvgIpc) is 3.54. The minimum atomic E-state index is -0.913. The number of ether oxygens (including phenoxy) is 2. The van der Waals surface area contributed by atoms with Crippen LogP contribution in [-0.2, 0) is 23.2 Å². The lowest BCUT2D eigenvalue weighted by molar-refractivity contribution is -0.950. The summed E-state index contributed by atoms with van der Waals surface area (Å²) in [6, 6.07) is 14.4. The third-order valence-electron chi connectivity index (χ3n) is 9.50. The maximum Gasteiger partial charge on any atom is 0.174 e. The highest BCUT2D eigenvalue weighted by Crippen LogP contribution is 2.66. The molecule has 1 N–H and O–H groups in total. The van der Waals surface area contributed by atoms with Gasteiger partial charge in [-0.05, 0) is 36.5 Å². The summed E-state index contributed by atoms with van der Waals surface area (Å²) >= 11 is 0. The Bertz CT molecular complexity index is 1140. The van der Waals surface area contributed by atoms with Crippen LogP contribution in [0.2, 0.25) is 0 Å². The predicted molar refractivity (Wildman–Crippen MR) is 123 cm³/mol. The van der Waals surface area contributed by atoms with Crippen LogP contribution in [0.25, 0.3) is 0 Å². The fraction of sp³-hybridized carbons (Fsp3) is 0.536. The van der Waals surface area contributed by atoms with Crippen LogP contribution in [0.5, 0.6) is 11.5 Å². The lowest BCUT2D eigenvalue weighted by atomic mass is 9.48. The number of carbonyl (C=O) groups is 1. The van der Waals surface area contributed by atoms with Crippen LogP contribution >= 0.6 is 0 Å². The molecule has 5 nitrogen and oxygen atoms in total. The van der Waals surface area contributed by atoms with Crippen molar-refractivity contribution in [2.45, 2.75) is 68.3 Å². The molecule has 33 heavy (non-hydrogen) atoms. The van der Waals surface area contributed by atoms with E-state index in [-0.39, 0.29) is 11.8 Å². The minimum Gasteiger partial charge on any atom is -0.485 e. The number of carbonyl (C=O) groups excluding carboxylic acids is 1. The van der Waals surface area contributed by atoms with Gasteiger partial charge in [0.15, 0.2) is 23.4 Å². The first-order valence-corrected chi connectivity index (χ1v) is 12.5. The van der Waals surface area contributed by atoms with E-state index < -0.39 is 17.1 Å². The van der Waals surface area contributed by atoms with E-state index in [1.165, 1.54) is 18.4 Å². The van der Waals surface area contributed by atoms with Crippen molar-refractivity contribution in [2.75, 3.05) is 20.1 Å². The van der Waals surface area contributed by atoms with E-state index in [9.17, 15) is 9.90 Å². The summed E-state index contributed by atoms with van der Waals surface area (Å²) in [7, 11) is 2.35. The van der Waals surface area contributed by atoms with Crippen LogP contribution in [0.4, 0.5) is 0 Å². The highest BCUT2D eigenvalue weighted by atomic mass is 16.5. The zero-order chi connectivity index (χ0) is 22.4. The Hall–Kier alpha value is -2.37. The molecule has 5 atom stereocenters. The lowest BCUT2D eigenvalue weighted by Crippen LogP contribution is -2.80. The molecule has 3 aliphatic carbocycles. The van der Waals surface area contributed by atoms with E-state index in [1.54, 1.807) is 0 Å². The number of nitrogens with zero attached hydrogens (tertiary/aromatic N) is 1. The van der Waals surface area contributed by atoms with Crippen molar-refractivity contribution in [3.63, 3.8) is 0 Å². The average molecular weight is 447 g/mol.